The van der Waals surface area contributed by atoms with Crippen LogP contribution < -0.4 is 0 Å². The molecule has 6 nitrogen and oxygen atoms in total. The lowest BCUT2D eigenvalue weighted by Crippen LogP contribution is -2.44. The zero-order valence-corrected chi connectivity index (χ0v) is 13.5. The minimum atomic E-state index is -3.04. The summed E-state index contributed by atoms with van der Waals surface area (Å²) in [7, 11) is -3.04. The first kappa shape index (κ1) is 16.0. The molecule has 2 unspecified atom stereocenters. The summed E-state index contributed by atoms with van der Waals surface area (Å²) >= 11 is 0. The van der Waals surface area contributed by atoms with Crippen molar-refractivity contribution in [3.05, 3.63) is 35.4 Å². The molecule has 1 N–H and O–H groups in total. The van der Waals surface area contributed by atoms with E-state index in [-0.39, 0.29) is 29.8 Å². The first-order valence-corrected chi connectivity index (χ1v) is 9.50. The van der Waals surface area contributed by atoms with Crippen LogP contribution in [0.2, 0.25) is 0 Å². The monoisotopic (exact) mass is 337 g/mol. The van der Waals surface area contributed by atoms with Gasteiger partial charge < -0.3 is 10.0 Å². The first-order valence-electron chi connectivity index (χ1n) is 7.68. The summed E-state index contributed by atoms with van der Waals surface area (Å²) in [5.41, 5.74) is 1.60. The van der Waals surface area contributed by atoms with Crippen molar-refractivity contribution in [1.29, 1.82) is 0 Å². The zero-order chi connectivity index (χ0) is 16.6. The summed E-state index contributed by atoms with van der Waals surface area (Å²) in [6.45, 7) is 0.353. The van der Waals surface area contributed by atoms with Gasteiger partial charge in [0, 0.05) is 13.0 Å². The van der Waals surface area contributed by atoms with Gasteiger partial charge in [-0.3, -0.25) is 4.79 Å². The summed E-state index contributed by atoms with van der Waals surface area (Å²) in [6, 6.07) is 6.28. The largest absolute Gasteiger partial charge is 0.479 e. The minimum Gasteiger partial charge on any atom is -0.479 e. The maximum atomic E-state index is 12.6. The number of fused-ring (bicyclic) bond motifs is 1. The maximum Gasteiger partial charge on any atom is 0.331 e. The summed E-state index contributed by atoms with van der Waals surface area (Å²) in [6.07, 6.45) is 1.20. The molecule has 0 aliphatic carbocycles. The third kappa shape index (κ3) is 3.24. The van der Waals surface area contributed by atoms with Gasteiger partial charge in [0.15, 0.2) is 15.9 Å². The molecule has 1 fully saturated rings. The molecule has 1 saturated heterocycles. The molecule has 2 aliphatic heterocycles. The Morgan fingerprint density at radius 2 is 2.00 bits per heavy atom. The average molecular weight is 337 g/mol. The van der Waals surface area contributed by atoms with Gasteiger partial charge in [-0.05, 0) is 29.9 Å². The van der Waals surface area contributed by atoms with Crippen molar-refractivity contribution in [2.24, 2.45) is 5.92 Å². The Bertz CT molecular complexity index is 743. The Balaban J connectivity index is 1.79. The van der Waals surface area contributed by atoms with Crippen molar-refractivity contribution in [2.45, 2.75) is 25.3 Å². The lowest BCUT2D eigenvalue weighted by Gasteiger charge is -2.35. The Morgan fingerprint density at radius 1 is 1.26 bits per heavy atom. The SMILES string of the molecule is O=C(O)C1c2ccccc2CCN1C(=O)CC1CCS(=O)(=O)C1. The molecular weight excluding hydrogens is 318 g/mol. The van der Waals surface area contributed by atoms with Crippen LogP contribution in [0.15, 0.2) is 24.3 Å². The van der Waals surface area contributed by atoms with E-state index in [2.05, 4.69) is 0 Å². The molecule has 0 aromatic heterocycles. The fourth-order valence-corrected chi connectivity index (χ4v) is 5.36. The quantitative estimate of drug-likeness (QED) is 0.889. The van der Waals surface area contributed by atoms with Crippen LogP contribution >= 0.6 is 0 Å². The highest BCUT2D eigenvalue weighted by atomic mass is 32.2. The highest BCUT2D eigenvalue weighted by molar-refractivity contribution is 7.91. The predicted molar refractivity (Wildman–Crippen MR) is 83.6 cm³/mol. The second kappa shape index (κ2) is 5.96. The van der Waals surface area contributed by atoms with Gasteiger partial charge in [0.1, 0.15) is 0 Å². The predicted octanol–water partition coefficient (Wildman–Crippen LogP) is 1.02. The molecule has 0 spiro atoms. The van der Waals surface area contributed by atoms with Gasteiger partial charge in [-0.15, -0.1) is 0 Å². The van der Waals surface area contributed by atoms with Gasteiger partial charge in [0.2, 0.25) is 5.91 Å². The number of amides is 1. The van der Waals surface area contributed by atoms with Crippen molar-refractivity contribution in [3.63, 3.8) is 0 Å². The number of hydrogen-bond donors (Lipinski definition) is 1. The fraction of sp³-hybridized carbons (Fsp3) is 0.500. The molecule has 0 bridgehead atoms. The number of carbonyl (C=O) groups is 2. The smallest absolute Gasteiger partial charge is 0.331 e. The summed E-state index contributed by atoms with van der Waals surface area (Å²) in [4.78, 5) is 25.6. The number of carbonyl (C=O) groups excluding carboxylic acids is 1. The van der Waals surface area contributed by atoms with Gasteiger partial charge >= 0.3 is 5.97 Å². The Kier molecular flexibility index (Phi) is 4.14. The average Bonchev–Trinajstić information content (AvgIpc) is 2.84. The van der Waals surface area contributed by atoms with E-state index in [1.165, 1.54) is 4.90 Å². The van der Waals surface area contributed by atoms with Crippen LogP contribution in [0.1, 0.15) is 30.0 Å². The normalized spacial score (nSPS) is 25.8. The number of carboxylic acid groups (broad SMARTS) is 1. The molecule has 2 atom stereocenters. The van der Waals surface area contributed by atoms with Crippen LogP contribution in [0.5, 0.6) is 0 Å². The number of carboxylic acids is 1. The van der Waals surface area contributed by atoms with E-state index >= 15 is 0 Å². The summed E-state index contributed by atoms with van der Waals surface area (Å²) in [5.74, 6) is -1.37. The molecule has 1 amide bonds. The van der Waals surface area contributed by atoms with Crippen LogP contribution in [0.25, 0.3) is 0 Å². The standard InChI is InChI=1S/C16H19NO5S/c18-14(9-11-6-8-23(21,22)10-11)17-7-5-12-3-1-2-4-13(12)15(17)16(19)20/h1-4,11,15H,5-10H2,(H,19,20). The van der Waals surface area contributed by atoms with E-state index in [1.807, 2.05) is 12.1 Å². The number of sulfone groups is 1. The Hall–Kier alpha value is -1.89. The maximum absolute atomic E-state index is 12.6. The van der Waals surface area contributed by atoms with Crippen molar-refractivity contribution in [3.8, 4) is 0 Å². The van der Waals surface area contributed by atoms with Crippen LogP contribution in [0.3, 0.4) is 0 Å². The minimum absolute atomic E-state index is 0.0287. The van der Waals surface area contributed by atoms with Crippen molar-refractivity contribution >= 4 is 21.7 Å². The molecule has 0 radical (unpaired) electrons. The number of benzene rings is 1. The molecule has 3 rings (SSSR count). The van der Waals surface area contributed by atoms with Crippen LogP contribution in [-0.2, 0) is 25.8 Å². The molecule has 124 valence electrons. The second-order valence-corrected chi connectivity index (χ2v) is 8.48. The van der Waals surface area contributed by atoms with E-state index in [0.29, 0.717) is 24.9 Å². The van der Waals surface area contributed by atoms with E-state index in [0.717, 1.165) is 5.56 Å². The van der Waals surface area contributed by atoms with Gasteiger partial charge in [0.05, 0.1) is 11.5 Å². The molecule has 2 heterocycles. The van der Waals surface area contributed by atoms with Crippen LogP contribution in [0, 0.1) is 5.92 Å². The molecule has 1 aromatic rings. The molecule has 0 saturated carbocycles. The van der Waals surface area contributed by atoms with Gasteiger partial charge in [-0.2, -0.15) is 0 Å². The van der Waals surface area contributed by atoms with Crippen LogP contribution in [0.4, 0.5) is 0 Å². The van der Waals surface area contributed by atoms with Crippen molar-refractivity contribution in [2.75, 3.05) is 18.1 Å². The van der Waals surface area contributed by atoms with Gasteiger partial charge in [-0.1, -0.05) is 24.3 Å². The lowest BCUT2D eigenvalue weighted by atomic mass is 9.91. The molecule has 7 heteroatoms. The number of hydrogen-bond acceptors (Lipinski definition) is 4. The van der Waals surface area contributed by atoms with Crippen molar-refractivity contribution in [1.82, 2.24) is 4.90 Å². The Labute approximate surface area is 135 Å². The summed E-state index contributed by atoms with van der Waals surface area (Å²) in [5, 5.41) is 9.56. The lowest BCUT2D eigenvalue weighted by molar-refractivity contribution is -0.151. The first-order chi connectivity index (χ1) is 10.9. The molecule has 2 aliphatic rings. The van der Waals surface area contributed by atoms with E-state index < -0.39 is 21.8 Å². The zero-order valence-electron chi connectivity index (χ0n) is 12.6. The topological polar surface area (TPSA) is 91.8 Å². The highest BCUT2D eigenvalue weighted by Crippen LogP contribution is 2.32. The van der Waals surface area contributed by atoms with Crippen molar-refractivity contribution < 1.29 is 23.1 Å². The molecule has 23 heavy (non-hydrogen) atoms. The Morgan fingerprint density at radius 3 is 2.65 bits per heavy atom. The second-order valence-electron chi connectivity index (χ2n) is 6.25. The third-order valence-electron chi connectivity index (χ3n) is 4.63. The van der Waals surface area contributed by atoms with E-state index in [1.54, 1.807) is 12.1 Å². The van der Waals surface area contributed by atoms with Crippen LogP contribution in [-0.4, -0.2) is 48.4 Å². The highest BCUT2D eigenvalue weighted by Gasteiger charge is 2.37. The molecular formula is C16H19NO5S. The van der Waals surface area contributed by atoms with E-state index in [9.17, 15) is 23.1 Å². The fourth-order valence-electron chi connectivity index (χ4n) is 3.50. The number of nitrogens with zero attached hydrogens (tertiary/aromatic N) is 1. The summed E-state index contributed by atoms with van der Waals surface area (Å²) < 4.78 is 23.0. The molecule has 1 aromatic carbocycles. The van der Waals surface area contributed by atoms with Gasteiger partial charge in [0.25, 0.3) is 0 Å². The van der Waals surface area contributed by atoms with Gasteiger partial charge in [-0.25, -0.2) is 13.2 Å². The van der Waals surface area contributed by atoms with E-state index in [4.69, 9.17) is 0 Å². The number of aliphatic carboxylic acids is 1. The third-order valence-corrected chi connectivity index (χ3v) is 6.46. The number of rotatable bonds is 3.